The Labute approximate surface area is 105 Å². The number of ether oxygens (including phenoxy) is 1. The predicted octanol–water partition coefficient (Wildman–Crippen LogP) is -1.33. The fourth-order valence-electron chi connectivity index (χ4n) is 2.07. The maximum absolute atomic E-state index is 12.9. The molecule has 0 amide bonds. The molecule has 0 bridgehead atoms. The number of H-pyrrole nitrogens is 1. The molecule has 0 aromatic carbocycles. The summed E-state index contributed by atoms with van der Waals surface area (Å²) in [7, 11) is 0. The molecule has 19 heavy (non-hydrogen) atoms. The van der Waals surface area contributed by atoms with Crippen LogP contribution in [-0.2, 0) is 4.74 Å². The van der Waals surface area contributed by atoms with Crippen molar-refractivity contribution in [3.63, 3.8) is 0 Å². The molecular weight excluding hydrogens is 266 g/mol. The zero-order valence-corrected chi connectivity index (χ0v) is 9.57. The van der Waals surface area contributed by atoms with Gasteiger partial charge >= 0.3 is 5.69 Å². The van der Waals surface area contributed by atoms with Gasteiger partial charge in [0.05, 0.1) is 18.6 Å². The molecule has 1 fully saturated rings. The Hall–Kier alpha value is -1.58. The lowest BCUT2D eigenvalue weighted by molar-refractivity contribution is -0.0594. The van der Waals surface area contributed by atoms with Gasteiger partial charge in [0.2, 0.25) is 6.43 Å². The van der Waals surface area contributed by atoms with Gasteiger partial charge in [0.1, 0.15) is 12.3 Å². The van der Waals surface area contributed by atoms with E-state index in [-0.39, 0.29) is 0 Å². The second-order valence-electron chi connectivity index (χ2n) is 4.17. The number of aromatic amines is 1. The first-order valence-corrected chi connectivity index (χ1v) is 5.49. The maximum Gasteiger partial charge on any atom is 0.330 e. The molecule has 1 saturated heterocycles. The van der Waals surface area contributed by atoms with Crippen LogP contribution in [0.2, 0.25) is 0 Å². The normalized spacial score (nSPS) is 31.0. The predicted molar refractivity (Wildman–Crippen MR) is 57.8 cm³/mol. The smallest absolute Gasteiger partial charge is 0.330 e. The number of nitrogens with one attached hydrogen (secondary N) is 1. The highest BCUT2D eigenvalue weighted by molar-refractivity contribution is 4.93. The van der Waals surface area contributed by atoms with E-state index in [0.717, 1.165) is 16.8 Å². The third-order valence-electron chi connectivity index (χ3n) is 3.01. The lowest BCUT2D eigenvalue weighted by atomic mass is 10.0. The van der Waals surface area contributed by atoms with Crippen molar-refractivity contribution in [2.45, 2.75) is 24.9 Å². The van der Waals surface area contributed by atoms with Gasteiger partial charge in [-0.1, -0.05) is 0 Å². The zero-order valence-electron chi connectivity index (χ0n) is 9.57. The third-order valence-corrected chi connectivity index (χ3v) is 3.01. The Morgan fingerprint density at radius 1 is 1.47 bits per heavy atom. The number of rotatable bonds is 3. The molecule has 3 N–H and O–H groups in total. The number of aliphatic hydroxyl groups is 2. The molecule has 1 aliphatic rings. The number of halogens is 2. The molecule has 0 radical (unpaired) electrons. The Bertz CT molecular complexity index is 557. The van der Waals surface area contributed by atoms with Gasteiger partial charge in [-0.15, -0.1) is 0 Å². The van der Waals surface area contributed by atoms with E-state index < -0.39 is 48.6 Å². The highest BCUT2D eigenvalue weighted by atomic mass is 19.3. The van der Waals surface area contributed by atoms with Crippen molar-refractivity contribution in [2.24, 2.45) is 5.92 Å². The van der Waals surface area contributed by atoms with E-state index in [1.807, 2.05) is 4.98 Å². The summed E-state index contributed by atoms with van der Waals surface area (Å²) in [6.07, 6.45) is -6.20. The molecule has 0 saturated carbocycles. The number of nitrogens with zero attached hydrogens (tertiary/aromatic N) is 1. The van der Waals surface area contributed by atoms with Crippen LogP contribution < -0.4 is 11.2 Å². The van der Waals surface area contributed by atoms with E-state index in [0.29, 0.717) is 0 Å². The van der Waals surface area contributed by atoms with Crippen LogP contribution in [0.5, 0.6) is 0 Å². The Morgan fingerprint density at radius 3 is 2.68 bits per heavy atom. The van der Waals surface area contributed by atoms with E-state index in [1.165, 1.54) is 0 Å². The van der Waals surface area contributed by atoms with Gasteiger partial charge in [0.15, 0.2) is 0 Å². The van der Waals surface area contributed by atoms with Crippen LogP contribution in [0.4, 0.5) is 8.78 Å². The molecule has 0 spiro atoms. The lowest BCUT2D eigenvalue weighted by Gasteiger charge is -2.20. The van der Waals surface area contributed by atoms with Crippen LogP contribution in [0.1, 0.15) is 6.23 Å². The van der Waals surface area contributed by atoms with Crippen molar-refractivity contribution in [3.05, 3.63) is 33.1 Å². The quantitative estimate of drug-likeness (QED) is 0.635. The second kappa shape index (κ2) is 5.19. The van der Waals surface area contributed by atoms with Gasteiger partial charge in [-0.05, 0) is 0 Å². The number of hydrogen-bond acceptors (Lipinski definition) is 5. The van der Waals surface area contributed by atoms with Crippen molar-refractivity contribution in [3.8, 4) is 0 Å². The number of aromatic nitrogens is 2. The molecule has 106 valence electrons. The summed E-state index contributed by atoms with van der Waals surface area (Å²) in [5, 5.41) is 18.6. The summed E-state index contributed by atoms with van der Waals surface area (Å²) >= 11 is 0. The third kappa shape index (κ3) is 2.44. The van der Waals surface area contributed by atoms with E-state index in [1.54, 1.807) is 0 Å². The van der Waals surface area contributed by atoms with Crippen molar-refractivity contribution >= 4 is 0 Å². The van der Waals surface area contributed by atoms with Gasteiger partial charge in [-0.25, -0.2) is 13.6 Å². The molecule has 4 atom stereocenters. The van der Waals surface area contributed by atoms with Crippen molar-refractivity contribution in [1.29, 1.82) is 0 Å². The topological polar surface area (TPSA) is 105 Å². The fraction of sp³-hybridized carbons (Fsp3) is 0.600. The minimum atomic E-state index is -2.95. The van der Waals surface area contributed by atoms with Gasteiger partial charge in [-0.2, -0.15) is 0 Å². The highest BCUT2D eigenvalue weighted by Crippen LogP contribution is 2.37. The Kier molecular flexibility index (Phi) is 3.78. The number of alkyl halides is 2. The van der Waals surface area contributed by atoms with E-state index >= 15 is 0 Å². The number of hydrogen-bond donors (Lipinski definition) is 3. The first kappa shape index (κ1) is 13.8. The summed E-state index contributed by atoms with van der Waals surface area (Å²) in [5.41, 5.74) is -1.60. The van der Waals surface area contributed by atoms with Crippen molar-refractivity contribution < 1.29 is 23.7 Å². The fourth-order valence-corrected chi connectivity index (χ4v) is 2.07. The Balaban J connectivity index is 2.42. The summed E-state index contributed by atoms with van der Waals surface area (Å²) in [4.78, 5) is 24.4. The first-order valence-electron chi connectivity index (χ1n) is 5.49. The van der Waals surface area contributed by atoms with Crippen LogP contribution in [0.25, 0.3) is 0 Å². The van der Waals surface area contributed by atoms with E-state index in [4.69, 9.17) is 9.84 Å². The second-order valence-corrected chi connectivity index (χ2v) is 4.17. The molecular formula is C10H12F2N2O5. The molecule has 9 heteroatoms. The summed E-state index contributed by atoms with van der Waals surface area (Å²) < 4.78 is 31.7. The van der Waals surface area contributed by atoms with Crippen molar-refractivity contribution in [2.75, 3.05) is 6.61 Å². The number of aliphatic hydroxyl groups excluding tert-OH is 2. The molecule has 1 aromatic rings. The van der Waals surface area contributed by atoms with Crippen LogP contribution in [0.3, 0.4) is 0 Å². The maximum atomic E-state index is 12.9. The minimum absolute atomic E-state index is 0.654. The monoisotopic (exact) mass is 278 g/mol. The van der Waals surface area contributed by atoms with E-state index in [2.05, 4.69) is 0 Å². The van der Waals surface area contributed by atoms with E-state index in [9.17, 15) is 23.5 Å². The molecule has 1 aromatic heterocycles. The van der Waals surface area contributed by atoms with Crippen LogP contribution in [-0.4, -0.2) is 45.0 Å². The average Bonchev–Trinajstić information content (AvgIpc) is 2.66. The molecule has 2 unspecified atom stereocenters. The summed E-state index contributed by atoms with van der Waals surface area (Å²) in [5.74, 6) is -1.67. The standard InChI is InChI=1S/C10H12F2N2O5/c11-8(12)6-7(17)4(3-15)19-9(6)14-2-1-5(16)13-10(14)18/h1-2,4,6-9,15,17H,3H2,(H,13,16,18)/t4-,6?,7?,9-/m1/s1. The van der Waals surface area contributed by atoms with Gasteiger partial charge in [0.25, 0.3) is 5.56 Å². The average molecular weight is 278 g/mol. The van der Waals surface area contributed by atoms with Crippen LogP contribution in [0.15, 0.2) is 21.9 Å². The summed E-state index contributed by atoms with van der Waals surface area (Å²) in [6, 6.07) is 0.978. The first-order chi connectivity index (χ1) is 8.95. The van der Waals surface area contributed by atoms with Crippen molar-refractivity contribution in [1.82, 2.24) is 9.55 Å². The zero-order chi connectivity index (χ0) is 14.2. The van der Waals surface area contributed by atoms with Gasteiger partial charge in [-0.3, -0.25) is 14.3 Å². The van der Waals surface area contributed by atoms with Gasteiger partial charge < -0.3 is 14.9 Å². The molecule has 7 nitrogen and oxygen atoms in total. The summed E-state index contributed by atoms with van der Waals surface area (Å²) in [6.45, 7) is -0.654. The molecule has 2 heterocycles. The molecule has 0 aliphatic carbocycles. The van der Waals surface area contributed by atoms with Gasteiger partial charge in [0, 0.05) is 12.3 Å². The molecule has 1 aliphatic heterocycles. The van der Waals surface area contributed by atoms with Crippen LogP contribution >= 0.6 is 0 Å². The van der Waals surface area contributed by atoms with Crippen LogP contribution in [0, 0.1) is 5.92 Å². The Morgan fingerprint density at radius 2 is 2.16 bits per heavy atom. The largest absolute Gasteiger partial charge is 0.394 e. The minimum Gasteiger partial charge on any atom is -0.394 e. The lowest BCUT2D eigenvalue weighted by Crippen LogP contribution is -2.37. The highest BCUT2D eigenvalue weighted by Gasteiger charge is 2.49. The SMILES string of the molecule is O=c1ccn([C@@H]2O[C@H](CO)C(O)C2C(F)F)c(=O)[nH]1. The molecule has 2 rings (SSSR count).